The van der Waals surface area contributed by atoms with Gasteiger partial charge in [0.15, 0.2) is 0 Å². The van der Waals surface area contributed by atoms with Crippen LogP contribution in [0.2, 0.25) is 0 Å². The molecule has 1 saturated heterocycles. The van der Waals surface area contributed by atoms with Crippen molar-refractivity contribution in [3.63, 3.8) is 0 Å². The van der Waals surface area contributed by atoms with E-state index in [1.165, 1.54) is 0 Å². The highest BCUT2D eigenvalue weighted by molar-refractivity contribution is 5.92. The molecule has 1 aromatic heterocycles. The molecule has 0 spiro atoms. The number of carbonyl (C=O) groups is 1. The van der Waals surface area contributed by atoms with Crippen molar-refractivity contribution < 1.29 is 14.6 Å². The van der Waals surface area contributed by atoms with Gasteiger partial charge in [-0.25, -0.2) is 0 Å². The molecule has 2 atom stereocenters. The average Bonchev–Trinajstić information content (AvgIpc) is 2.59. The van der Waals surface area contributed by atoms with Crippen molar-refractivity contribution in [1.82, 2.24) is 14.8 Å². The molecule has 128 valence electrons. The molecule has 0 aliphatic carbocycles. The second kappa shape index (κ2) is 8.96. The molecule has 6 heteroatoms. The number of ether oxygens (including phenoxy) is 1. The highest BCUT2D eigenvalue weighted by atomic mass is 16.5. The summed E-state index contributed by atoms with van der Waals surface area (Å²) in [6, 6.07) is 5.37. The van der Waals surface area contributed by atoms with Crippen molar-refractivity contribution in [3.8, 4) is 0 Å². The van der Waals surface area contributed by atoms with Gasteiger partial charge in [0.05, 0.1) is 6.61 Å². The molecule has 0 saturated carbocycles. The van der Waals surface area contributed by atoms with Crippen LogP contribution in [0.1, 0.15) is 16.9 Å². The number of likely N-dealkylation sites (N-methyl/N-ethyl adjacent to an activating group) is 1. The normalized spacial score (nSPS) is 21.7. The molecule has 1 aliphatic rings. The highest BCUT2D eigenvalue weighted by Gasteiger charge is 2.31. The molecule has 1 amide bonds. The summed E-state index contributed by atoms with van der Waals surface area (Å²) in [5.41, 5.74) is 0.470. The molecular formula is C17H27N3O3. The Balaban J connectivity index is 1.99. The number of aliphatic hydroxyl groups excluding tert-OH is 1. The summed E-state index contributed by atoms with van der Waals surface area (Å²) in [7, 11) is 3.76. The van der Waals surface area contributed by atoms with Gasteiger partial charge in [0.25, 0.3) is 5.91 Å². The lowest BCUT2D eigenvalue weighted by molar-refractivity contribution is 0.0446. The summed E-state index contributed by atoms with van der Waals surface area (Å²) < 4.78 is 5.11. The zero-order valence-electron chi connectivity index (χ0n) is 14.0. The van der Waals surface area contributed by atoms with E-state index < -0.39 is 0 Å². The maximum atomic E-state index is 12.6. The Labute approximate surface area is 138 Å². The fraction of sp³-hybridized carbons (Fsp3) is 0.647. The van der Waals surface area contributed by atoms with E-state index in [0.29, 0.717) is 31.3 Å². The summed E-state index contributed by atoms with van der Waals surface area (Å²) in [5, 5.41) is 9.57. The maximum absolute atomic E-state index is 12.6. The number of rotatable bonds is 7. The zero-order valence-corrected chi connectivity index (χ0v) is 14.0. The van der Waals surface area contributed by atoms with E-state index in [-0.39, 0.29) is 18.4 Å². The second-order valence-electron chi connectivity index (χ2n) is 6.33. The summed E-state index contributed by atoms with van der Waals surface area (Å²) in [6.07, 6.45) is 2.58. The van der Waals surface area contributed by atoms with E-state index in [4.69, 9.17) is 4.74 Å². The Morgan fingerprint density at radius 2 is 2.22 bits per heavy atom. The largest absolute Gasteiger partial charge is 0.396 e. The lowest BCUT2D eigenvalue weighted by atomic mass is 9.89. The van der Waals surface area contributed by atoms with Crippen molar-refractivity contribution in [2.24, 2.45) is 11.8 Å². The van der Waals surface area contributed by atoms with Crippen LogP contribution >= 0.6 is 0 Å². The summed E-state index contributed by atoms with van der Waals surface area (Å²) in [6.45, 7) is 3.89. The number of hydrogen-bond donors (Lipinski definition) is 1. The van der Waals surface area contributed by atoms with Gasteiger partial charge in [-0.2, -0.15) is 0 Å². The molecular weight excluding hydrogens is 294 g/mol. The first-order valence-electron chi connectivity index (χ1n) is 8.12. The van der Waals surface area contributed by atoms with Crippen molar-refractivity contribution in [1.29, 1.82) is 0 Å². The van der Waals surface area contributed by atoms with Gasteiger partial charge in [-0.15, -0.1) is 0 Å². The third-order valence-electron chi connectivity index (χ3n) is 4.30. The van der Waals surface area contributed by atoms with Crippen LogP contribution in [0.4, 0.5) is 0 Å². The first-order chi connectivity index (χ1) is 11.1. The standard InChI is InChI=1S/C17H27N3O3/c1-19(7-8-23-2)10-14-9-15(13-21)12-20(11-14)17(22)16-5-3-4-6-18-16/h3-6,14-15,21H,7-13H2,1-2H3/t14-,15+/m1/s1. The van der Waals surface area contributed by atoms with Crippen molar-refractivity contribution in [2.45, 2.75) is 6.42 Å². The summed E-state index contributed by atoms with van der Waals surface area (Å²) >= 11 is 0. The van der Waals surface area contributed by atoms with Crippen molar-refractivity contribution in [3.05, 3.63) is 30.1 Å². The minimum atomic E-state index is -0.0479. The van der Waals surface area contributed by atoms with Crippen molar-refractivity contribution in [2.75, 3.05) is 53.6 Å². The van der Waals surface area contributed by atoms with E-state index in [9.17, 15) is 9.90 Å². The smallest absolute Gasteiger partial charge is 0.272 e. The number of carbonyl (C=O) groups excluding carboxylic acids is 1. The number of amides is 1. The van der Waals surface area contributed by atoms with Crippen molar-refractivity contribution >= 4 is 5.91 Å². The summed E-state index contributed by atoms with van der Waals surface area (Å²) in [4.78, 5) is 20.8. The number of nitrogens with zero attached hydrogens (tertiary/aromatic N) is 3. The van der Waals surface area contributed by atoms with E-state index in [2.05, 4.69) is 16.9 Å². The molecule has 0 aromatic carbocycles. The first kappa shape index (κ1) is 17.8. The fourth-order valence-electron chi connectivity index (χ4n) is 3.18. The Hall–Kier alpha value is -1.50. The predicted octanol–water partition coefficient (Wildman–Crippen LogP) is 0.730. The molecule has 2 heterocycles. The average molecular weight is 321 g/mol. The molecule has 23 heavy (non-hydrogen) atoms. The minimum absolute atomic E-state index is 0.0479. The quantitative estimate of drug-likeness (QED) is 0.802. The number of methoxy groups -OCH3 is 1. The Morgan fingerprint density at radius 1 is 1.43 bits per heavy atom. The maximum Gasteiger partial charge on any atom is 0.272 e. The van der Waals surface area contributed by atoms with Crippen LogP contribution in [0.5, 0.6) is 0 Å². The van der Waals surface area contributed by atoms with E-state index >= 15 is 0 Å². The number of likely N-dealkylation sites (tertiary alicyclic amines) is 1. The topological polar surface area (TPSA) is 65.9 Å². The number of aliphatic hydroxyl groups is 1. The van der Waals surface area contributed by atoms with Gasteiger partial charge >= 0.3 is 0 Å². The minimum Gasteiger partial charge on any atom is -0.396 e. The van der Waals surface area contributed by atoms with Crippen LogP contribution < -0.4 is 0 Å². The second-order valence-corrected chi connectivity index (χ2v) is 6.33. The third-order valence-corrected chi connectivity index (χ3v) is 4.30. The molecule has 1 fully saturated rings. The number of piperidine rings is 1. The Bertz CT molecular complexity index is 483. The van der Waals surface area contributed by atoms with Gasteiger partial charge in [0.1, 0.15) is 5.69 Å². The van der Waals surface area contributed by atoms with Crippen LogP contribution in [-0.4, -0.2) is 79.3 Å². The van der Waals surface area contributed by atoms with E-state index in [1.54, 1.807) is 25.4 Å². The monoisotopic (exact) mass is 321 g/mol. The Kier molecular flexibility index (Phi) is 6.95. The van der Waals surface area contributed by atoms with Crippen LogP contribution in [0.3, 0.4) is 0 Å². The number of hydrogen-bond acceptors (Lipinski definition) is 5. The molecule has 0 bridgehead atoms. The fourth-order valence-corrected chi connectivity index (χ4v) is 3.18. The molecule has 0 unspecified atom stereocenters. The lowest BCUT2D eigenvalue weighted by Crippen LogP contribution is -2.48. The number of pyridine rings is 1. The summed E-state index contributed by atoms with van der Waals surface area (Å²) in [5.74, 6) is 0.445. The Morgan fingerprint density at radius 3 is 2.87 bits per heavy atom. The van der Waals surface area contributed by atoms with E-state index in [1.807, 2.05) is 11.0 Å². The lowest BCUT2D eigenvalue weighted by Gasteiger charge is -2.38. The van der Waals surface area contributed by atoms with Crippen LogP contribution in [0.15, 0.2) is 24.4 Å². The zero-order chi connectivity index (χ0) is 16.7. The third kappa shape index (κ3) is 5.27. The van der Waals surface area contributed by atoms with Gasteiger partial charge in [-0.1, -0.05) is 6.07 Å². The molecule has 1 aromatic rings. The first-order valence-corrected chi connectivity index (χ1v) is 8.12. The SMILES string of the molecule is COCCN(C)C[C@H]1C[C@H](CO)CN(C(=O)c2ccccn2)C1. The van der Waals surface area contributed by atoms with E-state index in [0.717, 1.165) is 19.5 Å². The van der Waals surface area contributed by atoms with Crippen LogP contribution in [0, 0.1) is 11.8 Å². The molecule has 0 radical (unpaired) electrons. The molecule has 6 nitrogen and oxygen atoms in total. The van der Waals surface area contributed by atoms with Gasteiger partial charge < -0.3 is 19.6 Å². The van der Waals surface area contributed by atoms with Crippen LogP contribution in [0.25, 0.3) is 0 Å². The number of aromatic nitrogens is 1. The van der Waals surface area contributed by atoms with Gasteiger partial charge in [-0.05, 0) is 37.4 Å². The van der Waals surface area contributed by atoms with Gasteiger partial charge in [0.2, 0.25) is 0 Å². The predicted molar refractivity (Wildman–Crippen MR) is 88.2 cm³/mol. The van der Waals surface area contributed by atoms with Crippen LogP contribution in [-0.2, 0) is 4.74 Å². The van der Waals surface area contributed by atoms with Gasteiger partial charge in [0, 0.05) is 46.1 Å². The molecule has 2 rings (SSSR count). The highest BCUT2D eigenvalue weighted by Crippen LogP contribution is 2.23. The van der Waals surface area contributed by atoms with Gasteiger partial charge in [-0.3, -0.25) is 9.78 Å². The molecule has 1 aliphatic heterocycles. The molecule has 1 N–H and O–H groups in total.